The number of nitrogens with two attached hydrogens (primary N) is 1. The monoisotopic (exact) mass is 239 g/mol. The van der Waals surface area contributed by atoms with Gasteiger partial charge in [0.05, 0.1) is 10.7 Å². The Balaban J connectivity index is 2.14. The van der Waals surface area contributed by atoms with E-state index in [-0.39, 0.29) is 0 Å². The smallest absolute Gasteiger partial charge is 0.0660 e. The molecule has 2 rings (SSSR count). The highest BCUT2D eigenvalue weighted by molar-refractivity contribution is 6.33. The summed E-state index contributed by atoms with van der Waals surface area (Å²) in [4.78, 5) is 4.59. The number of nitrogens with zero attached hydrogens (tertiary/aromatic N) is 2. The molecule has 4 heteroatoms. The Bertz CT molecular complexity index is 379. The van der Waals surface area contributed by atoms with E-state index in [1.807, 2.05) is 18.2 Å². The number of anilines is 2. The number of benzene rings is 1. The van der Waals surface area contributed by atoms with E-state index in [0.29, 0.717) is 6.04 Å². The molecule has 0 aromatic heterocycles. The molecule has 1 saturated heterocycles. The molecule has 88 valence electrons. The van der Waals surface area contributed by atoms with E-state index in [9.17, 15) is 0 Å². The lowest BCUT2D eigenvalue weighted by molar-refractivity contribution is 0.315. The molecule has 1 heterocycles. The summed E-state index contributed by atoms with van der Waals surface area (Å²) < 4.78 is 0. The van der Waals surface area contributed by atoms with Crippen molar-refractivity contribution in [3.63, 3.8) is 0 Å². The molecular formula is C12H18ClN3. The van der Waals surface area contributed by atoms with Gasteiger partial charge in [0.15, 0.2) is 0 Å². The maximum atomic E-state index is 6.20. The Kier molecular flexibility index (Phi) is 3.26. The molecule has 1 fully saturated rings. The Morgan fingerprint density at radius 2 is 2.19 bits per heavy atom. The van der Waals surface area contributed by atoms with Gasteiger partial charge < -0.3 is 15.5 Å². The molecule has 0 aliphatic carbocycles. The third kappa shape index (κ3) is 2.25. The second-order valence-corrected chi connectivity index (χ2v) is 4.97. The number of halogens is 1. The Hall–Kier alpha value is -0.930. The van der Waals surface area contributed by atoms with Gasteiger partial charge in [0, 0.05) is 24.8 Å². The van der Waals surface area contributed by atoms with E-state index in [0.717, 1.165) is 29.5 Å². The van der Waals surface area contributed by atoms with E-state index in [1.54, 1.807) is 0 Å². The molecule has 2 N–H and O–H groups in total. The molecule has 3 nitrogen and oxygen atoms in total. The molecule has 1 aliphatic heterocycles. The zero-order valence-corrected chi connectivity index (χ0v) is 10.5. The van der Waals surface area contributed by atoms with Gasteiger partial charge in [0.2, 0.25) is 0 Å². The second-order valence-electron chi connectivity index (χ2n) is 4.56. The first-order valence-corrected chi connectivity index (χ1v) is 5.92. The van der Waals surface area contributed by atoms with Crippen LogP contribution < -0.4 is 10.6 Å². The van der Waals surface area contributed by atoms with Crippen LogP contribution in [0.15, 0.2) is 18.2 Å². The Morgan fingerprint density at radius 3 is 2.75 bits per heavy atom. The van der Waals surface area contributed by atoms with Gasteiger partial charge in [0.1, 0.15) is 0 Å². The quantitative estimate of drug-likeness (QED) is 0.802. The molecule has 16 heavy (non-hydrogen) atoms. The normalized spacial score (nSPS) is 20.8. The Morgan fingerprint density at radius 1 is 1.44 bits per heavy atom. The molecule has 0 spiro atoms. The maximum absolute atomic E-state index is 6.20. The van der Waals surface area contributed by atoms with Gasteiger partial charge >= 0.3 is 0 Å². The minimum absolute atomic E-state index is 0.619. The van der Waals surface area contributed by atoms with Crippen molar-refractivity contribution in [1.29, 1.82) is 0 Å². The van der Waals surface area contributed by atoms with Crippen molar-refractivity contribution in [3.05, 3.63) is 23.2 Å². The van der Waals surface area contributed by atoms with E-state index < -0.39 is 0 Å². The fraction of sp³-hybridized carbons (Fsp3) is 0.500. The van der Waals surface area contributed by atoms with Crippen LogP contribution in [-0.2, 0) is 0 Å². The second kappa shape index (κ2) is 4.52. The summed E-state index contributed by atoms with van der Waals surface area (Å²) >= 11 is 6.20. The van der Waals surface area contributed by atoms with E-state index in [1.165, 1.54) is 6.42 Å². The average Bonchev–Trinajstić information content (AvgIpc) is 2.66. The van der Waals surface area contributed by atoms with Gasteiger partial charge in [-0.25, -0.2) is 0 Å². The lowest BCUT2D eigenvalue weighted by atomic mass is 10.2. The number of likely N-dealkylation sites (N-methyl/N-ethyl adjacent to an activating group) is 1. The highest BCUT2D eigenvalue weighted by atomic mass is 35.5. The predicted molar refractivity (Wildman–Crippen MR) is 70.2 cm³/mol. The van der Waals surface area contributed by atoms with Crippen molar-refractivity contribution in [1.82, 2.24) is 4.90 Å². The summed E-state index contributed by atoms with van der Waals surface area (Å²) in [6.07, 6.45) is 1.19. The highest BCUT2D eigenvalue weighted by Gasteiger charge is 2.25. The third-order valence-electron chi connectivity index (χ3n) is 3.21. The molecule has 0 amide bonds. The molecule has 0 saturated carbocycles. The van der Waals surface area contributed by atoms with E-state index in [4.69, 9.17) is 17.3 Å². The molecule has 1 aromatic rings. The zero-order valence-electron chi connectivity index (χ0n) is 9.78. The average molecular weight is 240 g/mol. The van der Waals surface area contributed by atoms with E-state index >= 15 is 0 Å². The fourth-order valence-electron chi connectivity index (χ4n) is 2.16. The van der Waals surface area contributed by atoms with Crippen LogP contribution in [0.4, 0.5) is 11.4 Å². The van der Waals surface area contributed by atoms with Crippen LogP contribution >= 0.6 is 11.6 Å². The maximum Gasteiger partial charge on any atom is 0.0660 e. The number of hydrogen-bond donors (Lipinski definition) is 1. The summed E-state index contributed by atoms with van der Waals surface area (Å²) in [5.41, 5.74) is 7.51. The number of hydrogen-bond acceptors (Lipinski definition) is 3. The van der Waals surface area contributed by atoms with Crippen molar-refractivity contribution in [2.45, 2.75) is 12.5 Å². The van der Waals surface area contributed by atoms with Gasteiger partial charge in [-0.15, -0.1) is 0 Å². The largest absolute Gasteiger partial charge is 0.399 e. The summed E-state index contributed by atoms with van der Waals surface area (Å²) in [6.45, 7) is 2.10. The first kappa shape index (κ1) is 11.6. The molecule has 0 bridgehead atoms. The summed E-state index contributed by atoms with van der Waals surface area (Å²) in [7, 11) is 4.25. The van der Waals surface area contributed by atoms with Gasteiger partial charge in [-0.3, -0.25) is 0 Å². The van der Waals surface area contributed by atoms with Gasteiger partial charge in [-0.2, -0.15) is 0 Å². The molecule has 1 aliphatic rings. The van der Waals surface area contributed by atoms with Gasteiger partial charge in [-0.1, -0.05) is 11.6 Å². The molecule has 1 unspecified atom stereocenters. The first-order chi connectivity index (χ1) is 7.58. The highest BCUT2D eigenvalue weighted by Crippen LogP contribution is 2.30. The van der Waals surface area contributed by atoms with Crippen LogP contribution in [0, 0.1) is 0 Å². The van der Waals surface area contributed by atoms with Crippen LogP contribution in [0.5, 0.6) is 0 Å². The van der Waals surface area contributed by atoms with Gasteiger partial charge in [0.25, 0.3) is 0 Å². The lowest BCUT2D eigenvalue weighted by Gasteiger charge is -2.22. The summed E-state index contributed by atoms with van der Waals surface area (Å²) in [5.74, 6) is 0. The molecule has 1 atom stereocenters. The topological polar surface area (TPSA) is 32.5 Å². The van der Waals surface area contributed by atoms with Crippen LogP contribution in [0.3, 0.4) is 0 Å². The van der Waals surface area contributed by atoms with Crippen molar-refractivity contribution in [2.24, 2.45) is 0 Å². The van der Waals surface area contributed by atoms with Crippen LogP contribution in [0.2, 0.25) is 5.02 Å². The SMILES string of the molecule is CN(C)C1CCN(c2ccc(N)cc2Cl)C1. The standard InChI is InChI=1S/C12H18ClN3/c1-15(2)10-5-6-16(8-10)12-4-3-9(14)7-11(12)13/h3-4,7,10H,5-6,8,14H2,1-2H3. The Labute approximate surface area is 102 Å². The molecule has 1 aromatic carbocycles. The zero-order chi connectivity index (χ0) is 11.7. The van der Waals surface area contributed by atoms with Crippen molar-refractivity contribution < 1.29 is 0 Å². The summed E-state index contributed by atoms with van der Waals surface area (Å²) in [6, 6.07) is 6.35. The lowest BCUT2D eigenvalue weighted by Crippen LogP contribution is -2.31. The number of rotatable bonds is 2. The van der Waals surface area contributed by atoms with Crippen molar-refractivity contribution in [2.75, 3.05) is 37.8 Å². The van der Waals surface area contributed by atoms with Crippen LogP contribution in [-0.4, -0.2) is 38.1 Å². The van der Waals surface area contributed by atoms with Gasteiger partial charge in [-0.05, 0) is 38.7 Å². The van der Waals surface area contributed by atoms with Crippen LogP contribution in [0.25, 0.3) is 0 Å². The first-order valence-electron chi connectivity index (χ1n) is 5.54. The minimum atomic E-state index is 0.619. The van der Waals surface area contributed by atoms with Crippen molar-refractivity contribution in [3.8, 4) is 0 Å². The third-order valence-corrected chi connectivity index (χ3v) is 3.51. The minimum Gasteiger partial charge on any atom is -0.399 e. The fourth-order valence-corrected chi connectivity index (χ4v) is 2.47. The van der Waals surface area contributed by atoms with Crippen LogP contribution in [0.1, 0.15) is 6.42 Å². The molecule has 0 radical (unpaired) electrons. The predicted octanol–water partition coefficient (Wildman–Crippen LogP) is 2.06. The van der Waals surface area contributed by atoms with Crippen molar-refractivity contribution >= 4 is 23.0 Å². The van der Waals surface area contributed by atoms with E-state index in [2.05, 4.69) is 23.9 Å². The molecular weight excluding hydrogens is 222 g/mol. The summed E-state index contributed by atoms with van der Waals surface area (Å²) in [5, 5.41) is 0.749. The number of nitrogen functional groups attached to an aromatic ring is 1.